The van der Waals surface area contributed by atoms with E-state index in [2.05, 4.69) is 92.3 Å². The number of hydrogen-bond donors (Lipinski definition) is 0. The molecule has 29 heavy (non-hydrogen) atoms. The highest BCUT2D eigenvalue weighted by atomic mass is 32.1. The zero-order valence-corrected chi connectivity index (χ0v) is 17.4. The molecule has 0 N–H and O–H groups in total. The highest BCUT2D eigenvalue weighted by Gasteiger charge is 2.22. The molecule has 0 fully saturated rings. The molecule has 6 aromatic rings. The fourth-order valence-electron chi connectivity index (χ4n) is 4.43. The Morgan fingerprint density at radius 3 is 2.52 bits per heavy atom. The summed E-state index contributed by atoms with van der Waals surface area (Å²) in [6.45, 7) is 4.28. The van der Waals surface area contributed by atoms with Crippen molar-refractivity contribution >= 4 is 53.4 Å². The van der Waals surface area contributed by atoms with Gasteiger partial charge in [-0.2, -0.15) is 4.57 Å². The normalized spacial score (nSPS) is 12.0. The molecule has 0 saturated heterocycles. The monoisotopic (exact) mass is 394 g/mol. The second-order valence-corrected chi connectivity index (χ2v) is 8.97. The van der Waals surface area contributed by atoms with Crippen molar-refractivity contribution in [3.63, 3.8) is 0 Å². The second-order valence-electron chi connectivity index (χ2n) is 7.88. The second kappa shape index (κ2) is 5.91. The van der Waals surface area contributed by atoms with Gasteiger partial charge in [0, 0.05) is 32.3 Å². The molecule has 3 heterocycles. The maximum Gasteiger partial charge on any atom is 0.217 e. The summed E-state index contributed by atoms with van der Waals surface area (Å²) in [6, 6.07) is 21.8. The lowest BCUT2D eigenvalue weighted by Crippen LogP contribution is -2.30. The fourth-order valence-corrected chi connectivity index (χ4v) is 5.59. The van der Waals surface area contributed by atoms with Crippen molar-refractivity contribution in [2.24, 2.45) is 7.05 Å². The maximum atomic E-state index is 6.42. The predicted octanol–water partition coefficient (Wildman–Crippen LogP) is 7.06. The van der Waals surface area contributed by atoms with E-state index >= 15 is 0 Å². The molecule has 2 nitrogen and oxygen atoms in total. The van der Waals surface area contributed by atoms with Crippen molar-refractivity contribution < 1.29 is 8.98 Å². The molecule has 140 valence electrons. The molecule has 3 aromatic carbocycles. The van der Waals surface area contributed by atoms with Gasteiger partial charge in [0.25, 0.3) is 0 Å². The number of thiophene rings is 1. The van der Waals surface area contributed by atoms with Gasteiger partial charge in [-0.15, -0.1) is 11.3 Å². The van der Waals surface area contributed by atoms with Crippen LogP contribution in [-0.2, 0) is 7.05 Å². The Bertz CT molecular complexity index is 1590. The number of fused-ring (bicyclic) bond motifs is 6. The van der Waals surface area contributed by atoms with E-state index in [4.69, 9.17) is 4.42 Å². The lowest BCUT2D eigenvalue weighted by atomic mass is 9.99. The van der Waals surface area contributed by atoms with Crippen molar-refractivity contribution in [2.75, 3.05) is 0 Å². The molecule has 0 amide bonds. The van der Waals surface area contributed by atoms with Crippen molar-refractivity contribution in [2.45, 2.75) is 13.8 Å². The van der Waals surface area contributed by atoms with Crippen molar-refractivity contribution in [1.82, 2.24) is 0 Å². The van der Waals surface area contributed by atoms with Crippen LogP contribution in [0.15, 0.2) is 71.3 Å². The Morgan fingerprint density at radius 1 is 0.793 bits per heavy atom. The molecule has 0 aliphatic heterocycles. The molecule has 0 atom stereocenters. The first-order valence-electron chi connectivity index (χ1n) is 9.84. The highest BCUT2D eigenvalue weighted by molar-refractivity contribution is 7.25. The lowest BCUT2D eigenvalue weighted by Gasteiger charge is -2.06. The summed E-state index contributed by atoms with van der Waals surface area (Å²) in [5.41, 5.74) is 6.72. The van der Waals surface area contributed by atoms with Gasteiger partial charge in [-0.05, 0) is 37.1 Å². The van der Waals surface area contributed by atoms with Crippen molar-refractivity contribution in [3.8, 4) is 11.3 Å². The molecule has 0 aliphatic carbocycles. The summed E-state index contributed by atoms with van der Waals surface area (Å²) in [4.78, 5) is 0. The zero-order chi connectivity index (χ0) is 19.7. The number of aromatic nitrogens is 1. The zero-order valence-electron chi connectivity index (χ0n) is 16.6. The molecular weight excluding hydrogens is 374 g/mol. The Morgan fingerprint density at radius 2 is 1.62 bits per heavy atom. The molecule has 3 aromatic heterocycles. The van der Waals surface area contributed by atoms with Gasteiger partial charge in [0.1, 0.15) is 18.2 Å². The molecule has 0 spiro atoms. The Labute approximate surface area is 172 Å². The van der Waals surface area contributed by atoms with Crippen LogP contribution in [-0.4, -0.2) is 0 Å². The van der Waals surface area contributed by atoms with E-state index in [0.29, 0.717) is 0 Å². The Hall–Kier alpha value is -3.17. The molecule has 0 aliphatic rings. The minimum absolute atomic E-state index is 0.955. The summed E-state index contributed by atoms with van der Waals surface area (Å²) in [7, 11) is 2.13. The summed E-state index contributed by atoms with van der Waals surface area (Å²) in [5, 5.41) is 4.98. The van der Waals surface area contributed by atoms with E-state index < -0.39 is 0 Å². The third-order valence-corrected chi connectivity index (χ3v) is 7.02. The van der Waals surface area contributed by atoms with Crippen LogP contribution in [0.25, 0.3) is 53.4 Å². The summed E-state index contributed by atoms with van der Waals surface area (Å²) < 4.78 is 11.3. The van der Waals surface area contributed by atoms with Crippen LogP contribution < -0.4 is 4.57 Å². The van der Waals surface area contributed by atoms with Crippen LogP contribution in [0.4, 0.5) is 0 Å². The van der Waals surface area contributed by atoms with Gasteiger partial charge in [0.05, 0.1) is 10.3 Å². The molecule has 0 bridgehead atoms. The molecular formula is C26H20NOS+. The van der Waals surface area contributed by atoms with Gasteiger partial charge < -0.3 is 4.42 Å². The Kier molecular flexibility index (Phi) is 3.42. The third kappa shape index (κ3) is 2.37. The van der Waals surface area contributed by atoms with Gasteiger partial charge in [-0.1, -0.05) is 42.5 Å². The van der Waals surface area contributed by atoms with Crippen LogP contribution in [0.2, 0.25) is 0 Å². The minimum Gasteiger partial charge on any atom is -0.455 e. The van der Waals surface area contributed by atoms with Crippen molar-refractivity contribution in [1.29, 1.82) is 0 Å². The topological polar surface area (TPSA) is 17.0 Å². The first-order valence-corrected chi connectivity index (χ1v) is 10.7. The van der Waals surface area contributed by atoms with Crippen LogP contribution >= 0.6 is 11.3 Å². The lowest BCUT2D eigenvalue weighted by molar-refractivity contribution is -0.658. The van der Waals surface area contributed by atoms with Crippen LogP contribution in [0.5, 0.6) is 0 Å². The number of hydrogen-bond acceptors (Lipinski definition) is 2. The van der Waals surface area contributed by atoms with Crippen molar-refractivity contribution in [3.05, 3.63) is 78.0 Å². The van der Waals surface area contributed by atoms with E-state index in [1.54, 1.807) is 0 Å². The number of benzene rings is 3. The van der Waals surface area contributed by atoms with E-state index in [-0.39, 0.29) is 0 Å². The first-order chi connectivity index (χ1) is 14.1. The molecule has 0 saturated carbocycles. The summed E-state index contributed by atoms with van der Waals surface area (Å²) in [6.07, 6.45) is 2.25. The minimum atomic E-state index is 0.955. The fraction of sp³-hybridized carbons (Fsp3) is 0.115. The summed E-state index contributed by atoms with van der Waals surface area (Å²) >= 11 is 1.85. The van der Waals surface area contributed by atoms with E-state index in [0.717, 1.165) is 11.2 Å². The average Bonchev–Trinajstić information content (AvgIpc) is 3.24. The largest absolute Gasteiger partial charge is 0.455 e. The van der Waals surface area contributed by atoms with Gasteiger partial charge in [0.15, 0.2) is 6.20 Å². The van der Waals surface area contributed by atoms with Gasteiger partial charge >= 0.3 is 0 Å². The standard InChI is InChI=1S/C26H20NOS/c1-15-8-10-17-19-11-9-16(2)25(26(19)28-22(17)12-15)21-13-20-18-6-4-5-7-23(18)29-24(20)14-27(21)3/h4-14H,1-3H3/q+1. The average molecular weight is 395 g/mol. The smallest absolute Gasteiger partial charge is 0.217 e. The molecule has 0 radical (unpaired) electrons. The number of pyridine rings is 1. The molecule has 0 unspecified atom stereocenters. The maximum absolute atomic E-state index is 6.42. The van der Waals surface area contributed by atoms with E-state index in [1.165, 1.54) is 53.3 Å². The number of nitrogens with zero attached hydrogens (tertiary/aromatic N) is 1. The Balaban J connectivity index is 1.74. The SMILES string of the molecule is Cc1ccc2c(c1)oc1c(-c3cc4c(c[n+]3C)sc3ccccc34)c(C)ccc12. The summed E-state index contributed by atoms with van der Waals surface area (Å²) in [5.74, 6) is 0. The molecule has 6 rings (SSSR count). The van der Waals surface area contributed by atoms with E-state index in [1.807, 2.05) is 11.3 Å². The predicted molar refractivity (Wildman–Crippen MR) is 123 cm³/mol. The number of furan rings is 1. The highest BCUT2D eigenvalue weighted by Crippen LogP contribution is 2.39. The third-order valence-electron chi connectivity index (χ3n) is 5.90. The number of rotatable bonds is 1. The quantitative estimate of drug-likeness (QED) is 0.273. The van der Waals surface area contributed by atoms with Gasteiger partial charge in [-0.3, -0.25) is 0 Å². The van der Waals surface area contributed by atoms with Gasteiger partial charge in [0.2, 0.25) is 5.69 Å². The van der Waals surface area contributed by atoms with Crippen LogP contribution in [0.3, 0.4) is 0 Å². The van der Waals surface area contributed by atoms with Crippen LogP contribution in [0, 0.1) is 13.8 Å². The van der Waals surface area contributed by atoms with E-state index in [9.17, 15) is 0 Å². The van der Waals surface area contributed by atoms with Gasteiger partial charge in [-0.25, -0.2) is 0 Å². The first kappa shape index (κ1) is 16.8. The molecule has 3 heteroatoms. The number of aryl methyl sites for hydroxylation is 3. The van der Waals surface area contributed by atoms with Crippen LogP contribution in [0.1, 0.15) is 11.1 Å².